The van der Waals surface area contributed by atoms with Crippen LogP contribution in [0.3, 0.4) is 0 Å². The number of rotatable bonds is 5. The van der Waals surface area contributed by atoms with Crippen molar-refractivity contribution in [2.45, 2.75) is 25.9 Å². The minimum atomic E-state index is -0.149. The summed E-state index contributed by atoms with van der Waals surface area (Å²) in [6.45, 7) is 3.06. The van der Waals surface area contributed by atoms with Gasteiger partial charge < -0.3 is 14.8 Å². The standard InChI is InChI=1S/C17H18N4O3S/c1-2-5-11-8-15(22)21-17(19-11)25-16(20-21)18-9-12-10-23-13-6-3-4-7-14(13)24-12/h3-4,6-8,12H,2,5,9-10H2,1H3,(H,18,20). The fourth-order valence-electron chi connectivity index (χ4n) is 2.68. The van der Waals surface area contributed by atoms with E-state index in [9.17, 15) is 4.79 Å². The second-order valence-electron chi connectivity index (χ2n) is 5.82. The number of aryl methyl sites for hydroxylation is 1. The van der Waals surface area contributed by atoms with Gasteiger partial charge in [0.1, 0.15) is 12.7 Å². The highest BCUT2D eigenvalue weighted by Crippen LogP contribution is 2.31. The number of para-hydroxylation sites is 2. The van der Waals surface area contributed by atoms with Crippen molar-refractivity contribution in [2.75, 3.05) is 18.5 Å². The molecule has 0 bridgehead atoms. The molecule has 0 amide bonds. The molecule has 3 aromatic rings. The number of benzene rings is 1. The molecule has 0 aliphatic carbocycles. The molecule has 7 nitrogen and oxygen atoms in total. The summed E-state index contributed by atoms with van der Waals surface area (Å²) in [6.07, 6.45) is 1.62. The fourth-order valence-corrected chi connectivity index (χ4v) is 3.51. The fraction of sp³-hybridized carbons (Fsp3) is 0.353. The molecule has 0 fully saturated rings. The van der Waals surface area contributed by atoms with Crippen LogP contribution < -0.4 is 20.3 Å². The predicted octanol–water partition coefficient (Wildman–Crippen LogP) is 2.36. The highest BCUT2D eigenvalue weighted by molar-refractivity contribution is 7.20. The van der Waals surface area contributed by atoms with Crippen LogP contribution in [0.2, 0.25) is 0 Å². The third-order valence-electron chi connectivity index (χ3n) is 3.85. The topological polar surface area (TPSA) is 77.8 Å². The van der Waals surface area contributed by atoms with Crippen molar-refractivity contribution in [2.24, 2.45) is 0 Å². The van der Waals surface area contributed by atoms with Gasteiger partial charge in [-0.3, -0.25) is 4.79 Å². The summed E-state index contributed by atoms with van der Waals surface area (Å²) in [5.74, 6) is 1.50. The Labute approximate surface area is 148 Å². The van der Waals surface area contributed by atoms with Gasteiger partial charge in [0.25, 0.3) is 5.56 Å². The van der Waals surface area contributed by atoms with Crippen LogP contribution in [0.1, 0.15) is 19.0 Å². The van der Waals surface area contributed by atoms with Gasteiger partial charge in [0.2, 0.25) is 10.1 Å². The highest BCUT2D eigenvalue weighted by atomic mass is 32.1. The summed E-state index contributed by atoms with van der Waals surface area (Å²) in [7, 11) is 0. The predicted molar refractivity (Wildman–Crippen MR) is 96.0 cm³/mol. The first kappa shape index (κ1) is 15.9. The monoisotopic (exact) mass is 358 g/mol. The van der Waals surface area contributed by atoms with Crippen LogP contribution in [-0.4, -0.2) is 33.9 Å². The van der Waals surface area contributed by atoms with Crippen LogP contribution in [0.4, 0.5) is 5.13 Å². The van der Waals surface area contributed by atoms with Gasteiger partial charge >= 0.3 is 0 Å². The molecule has 1 atom stereocenters. The SMILES string of the molecule is CCCc1cc(=O)n2nc(NCC3COc4ccccc4O3)sc2n1. The largest absolute Gasteiger partial charge is 0.486 e. The number of ether oxygens (including phenoxy) is 2. The Hall–Kier alpha value is -2.61. The lowest BCUT2D eigenvalue weighted by atomic mass is 10.2. The van der Waals surface area contributed by atoms with E-state index in [1.54, 1.807) is 6.07 Å². The summed E-state index contributed by atoms with van der Waals surface area (Å²) in [5.41, 5.74) is 0.659. The summed E-state index contributed by atoms with van der Waals surface area (Å²) in [5, 5.41) is 8.15. The molecule has 8 heteroatoms. The number of aromatic nitrogens is 3. The lowest BCUT2D eigenvalue weighted by Gasteiger charge is -2.26. The van der Waals surface area contributed by atoms with Crippen molar-refractivity contribution in [1.29, 1.82) is 0 Å². The molecule has 3 heterocycles. The molecule has 1 aromatic carbocycles. The minimum Gasteiger partial charge on any atom is -0.486 e. The Kier molecular flexibility index (Phi) is 4.27. The third-order valence-corrected chi connectivity index (χ3v) is 4.72. The smallest absolute Gasteiger partial charge is 0.275 e. The van der Waals surface area contributed by atoms with Crippen molar-refractivity contribution in [3.05, 3.63) is 46.4 Å². The van der Waals surface area contributed by atoms with E-state index >= 15 is 0 Å². The molecule has 0 spiro atoms. The van der Waals surface area contributed by atoms with E-state index in [4.69, 9.17) is 9.47 Å². The molecule has 2 aromatic heterocycles. The molecule has 1 aliphatic heterocycles. The van der Waals surface area contributed by atoms with Crippen LogP contribution in [-0.2, 0) is 6.42 Å². The maximum Gasteiger partial charge on any atom is 0.275 e. The van der Waals surface area contributed by atoms with Crippen LogP contribution in [0.15, 0.2) is 35.1 Å². The molecule has 130 valence electrons. The second-order valence-corrected chi connectivity index (χ2v) is 6.77. The van der Waals surface area contributed by atoms with Gasteiger partial charge in [-0.1, -0.05) is 36.8 Å². The van der Waals surface area contributed by atoms with E-state index in [-0.39, 0.29) is 11.7 Å². The molecule has 4 rings (SSSR count). The van der Waals surface area contributed by atoms with Gasteiger partial charge in [-0.15, -0.1) is 5.10 Å². The van der Waals surface area contributed by atoms with Crippen molar-refractivity contribution >= 4 is 21.4 Å². The number of fused-ring (bicyclic) bond motifs is 2. The first-order valence-corrected chi connectivity index (χ1v) is 9.06. The quantitative estimate of drug-likeness (QED) is 0.754. The van der Waals surface area contributed by atoms with Crippen LogP contribution >= 0.6 is 11.3 Å². The number of nitrogens with zero attached hydrogens (tertiary/aromatic N) is 3. The molecular formula is C17H18N4O3S. The zero-order valence-electron chi connectivity index (χ0n) is 13.8. The number of nitrogens with one attached hydrogen (secondary N) is 1. The lowest BCUT2D eigenvalue weighted by Crippen LogP contribution is -2.35. The zero-order chi connectivity index (χ0) is 17.2. The van der Waals surface area contributed by atoms with Gasteiger partial charge in [0.15, 0.2) is 11.5 Å². The summed E-state index contributed by atoms with van der Waals surface area (Å²) >= 11 is 1.36. The summed E-state index contributed by atoms with van der Waals surface area (Å²) < 4.78 is 12.9. The number of anilines is 1. The van der Waals surface area contributed by atoms with E-state index in [0.717, 1.165) is 30.0 Å². The van der Waals surface area contributed by atoms with Crippen molar-refractivity contribution in [1.82, 2.24) is 14.6 Å². The second kappa shape index (κ2) is 6.72. The Morgan fingerprint density at radius 3 is 3.04 bits per heavy atom. The molecule has 1 aliphatic rings. The van der Waals surface area contributed by atoms with E-state index < -0.39 is 0 Å². The maximum absolute atomic E-state index is 12.1. The lowest BCUT2D eigenvalue weighted by molar-refractivity contribution is 0.0997. The first-order chi connectivity index (χ1) is 12.2. The molecule has 1 unspecified atom stereocenters. The molecule has 1 N–H and O–H groups in total. The third kappa shape index (κ3) is 3.30. The van der Waals surface area contributed by atoms with Crippen LogP contribution in [0, 0.1) is 0 Å². The minimum absolute atomic E-state index is 0.123. The molecule has 25 heavy (non-hydrogen) atoms. The Morgan fingerprint density at radius 1 is 1.36 bits per heavy atom. The van der Waals surface area contributed by atoms with Gasteiger partial charge in [0.05, 0.1) is 6.54 Å². The van der Waals surface area contributed by atoms with Gasteiger partial charge in [-0.05, 0) is 18.6 Å². The molecular weight excluding hydrogens is 340 g/mol. The summed E-state index contributed by atoms with van der Waals surface area (Å²) in [4.78, 5) is 17.2. The van der Waals surface area contributed by atoms with Crippen molar-refractivity contribution in [3.63, 3.8) is 0 Å². The average molecular weight is 358 g/mol. The van der Waals surface area contributed by atoms with E-state index in [0.29, 0.717) is 23.2 Å². The molecule has 0 saturated heterocycles. The number of hydrogen-bond donors (Lipinski definition) is 1. The van der Waals surface area contributed by atoms with Crippen LogP contribution in [0.5, 0.6) is 11.5 Å². The Balaban J connectivity index is 1.46. The van der Waals surface area contributed by atoms with E-state index in [1.807, 2.05) is 24.3 Å². The first-order valence-electron chi connectivity index (χ1n) is 8.25. The van der Waals surface area contributed by atoms with Gasteiger partial charge in [-0.25, -0.2) is 4.98 Å². The molecule has 0 saturated carbocycles. The maximum atomic E-state index is 12.1. The van der Waals surface area contributed by atoms with Gasteiger partial charge in [0, 0.05) is 11.8 Å². The van der Waals surface area contributed by atoms with E-state index in [1.165, 1.54) is 15.9 Å². The highest BCUT2D eigenvalue weighted by Gasteiger charge is 2.21. The zero-order valence-corrected chi connectivity index (χ0v) is 14.6. The normalized spacial score (nSPS) is 16.1. The summed E-state index contributed by atoms with van der Waals surface area (Å²) in [6, 6.07) is 9.16. The van der Waals surface area contributed by atoms with Crippen molar-refractivity contribution in [3.8, 4) is 11.5 Å². The average Bonchev–Trinajstić information content (AvgIpc) is 3.04. The molecule has 0 radical (unpaired) electrons. The Bertz CT molecular complexity index is 952. The van der Waals surface area contributed by atoms with E-state index in [2.05, 4.69) is 22.3 Å². The van der Waals surface area contributed by atoms with Gasteiger partial charge in [-0.2, -0.15) is 4.52 Å². The van der Waals surface area contributed by atoms with Crippen LogP contribution in [0.25, 0.3) is 4.96 Å². The Morgan fingerprint density at radius 2 is 2.20 bits per heavy atom. The van der Waals surface area contributed by atoms with Crippen molar-refractivity contribution < 1.29 is 9.47 Å². The number of hydrogen-bond acceptors (Lipinski definition) is 7.